The van der Waals surface area contributed by atoms with Crippen LogP contribution in [0.15, 0.2) is 42.5 Å². The molecule has 0 bridgehead atoms. The molecule has 1 aliphatic rings. The predicted molar refractivity (Wildman–Crippen MR) is 140 cm³/mol. The molecule has 0 saturated heterocycles. The molecule has 1 atom stereocenters. The summed E-state index contributed by atoms with van der Waals surface area (Å²) in [6, 6.07) is 8.95. The summed E-state index contributed by atoms with van der Waals surface area (Å²) in [5.41, 5.74) is 0.780. The Morgan fingerprint density at radius 1 is 1.08 bits per heavy atom. The maximum Gasteiger partial charge on any atom is 0.244 e. The number of nitrogens with one attached hydrogen (secondary N) is 1. The summed E-state index contributed by atoms with van der Waals surface area (Å²) in [5, 5.41) is 3.69. The van der Waals surface area contributed by atoms with Crippen molar-refractivity contribution in [1.82, 2.24) is 10.2 Å². The first kappa shape index (κ1) is 28.2. The Kier molecular flexibility index (Phi) is 9.60. The number of carbonyl (C=O) groups excluding carboxylic acids is 2. The van der Waals surface area contributed by atoms with Gasteiger partial charge in [-0.1, -0.05) is 49.0 Å². The molecule has 0 spiro atoms. The Bertz CT molecular complexity index is 1190. The number of nitrogens with zero attached hydrogens (tertiary/aromatic N) is 2. The molecule has 2 aromatic carbocycles. The molecule has 0 aromatic heterocycles. The highest BCUT2D eigenvalue weighted by Gasteiger charge is 2.33. The first-order valence-electron chi connectivity index (χ1n) is 11.8. The van der Waals surface area contributed by atoms with Crippen LogP contribution in [0.2, 0.25) is 10.0 Å². The van der Waals surface area contributed by atoms with E-state index in [1.54, 1.807) is 25.1 Å². The monoisotopic (exact) mass is 557 g/mol. The molecule has 11 heteroatoms. The van der Waals surface area contributed by atoms with Gasteiger partial charge < -0.3 is 10.2 Å². The Hall–Kier alpha value is -2.36. The summed E-state index contributed by atoms with van der Waals surface area (Å²) in [7, 11) is -3.89. The van der Waals surface area contributed by atoms with Crippen LogP contribution in [-0.4, -0.2) is 50.0 Å². The number of hydrogen-bond acceptors (Lipinski definition) is 4. The van der Waals surface area contributed by atoms with Gasteiger partial charge in [-0.2, -0.15) is 0 Å². The molecule has 1 N–H and O–H groups in total. The minimum atomic E-state index is -3.89. The lowest BCUT2D eigenvalue weighted by atomic mass is 10.1. The number of rotatable bonds is 10. The molecule has 0 aliphatic heterocycles. The minimum Gasteiger partial charge on any atom is -0.352 e. The fraction of sp³-hybridized carbons (Fsp3) is 0.440. The maximum absolute atomic E-state index is 13.6. The van der Waals surface area contributed by atoms with Gasteiger partial charge in [-0.05, 0) is 61.2 Å². The highest BCUT2D eigenvalue weighted by Crippen LogP contribution is 2.25. The molecule has 1 aliphatic carbocycles. The smallest absolute Gasteiger partial charge is 0.244 e. The number of anilines is 1. The number of sulfonamides is 1. The molecular formula is C25H30Cl2FN3O4S. The molecule has 0 unspecified atom stereocenters. The molecule has 1 fully saturated rings. The van der Waals surface area contributed by atoms with Crippen LogP contribution in [0.5, 0.6) is 0 Å². The molecule has 0 heterocycles. The van der Waals surface area contributed by atoms with Crippen molar-refractivity contribution in [2.45, 2.75) is 57.7 Å². The van der Waals surface area contributed by atoms with Crippen LogP contribution in [0.4, 0.5) is 10.1 Å². The van der Waals surface area contributed by atoms with Crippen molar-refractivity contribution >= 4 is 50.7 Å². The summed E-state index contributed by atoms with van der Waals surface area (Å²) in [6.45, 7) is 1.26. The topological polar surface area (TPSA) is 86.8 Å². The number of carbonyl (C=O) groups is 2. The SMILES string of the molecule is CC[C@H](C(=O)NC1CCCC1)N(Cc1ccc(Cl)c(Cl)c1)C(=O)CN(c1ccc(F)cc1)S(C)(=O)=O. The zero-order valence-electron chi connectivity index (χ0n) is 20.2. The van der Waals surface area contributed by atoms with Gasteiger partial charge in [-0.3, -0.25) is 13.9 Å². The van der Waals surface area contributed by atoms with Gasteiger partial charge in [0.05, 0.1) is 22.0 Å². The molecule has 3 rings (SSSR count). The van der Waals surface area contributed by atoms with E-state index in [1.807, 2.05) is 0 Å². The fourth-order valence-corrected chi connectivity index (χ4v) is 5.51. The van der Waals surface area contributed by atoms with Crippen molar-refractivity contribution in [2.75, 3.05) is 17.1 Å². The van der Waals surface area contributed by atoms with E-state index in [0.717, 1.165) is 48.4 Å². The Morgan fingerprint density at radius 2 is 1.72 bits per heavy atom. The molecule has 36 heavy (non-hydrogen) atoms. The van der Waals surface area contributed by atoms with Crippen LogP contribution in [-0.2, 0) is 26.2 Å². The zero-order chi connectivity index (χ0) is 26.5. The van der Waals surface area contributed by atoms with Gasteiger partial charge in [0.15, 0.2) is 0 Å². The molecule has 2 aromatic rings. The van der Waals surface area contributed by atoms with Crippen LogP contribution >= 0.6 is 23.2 Å². The molecule has 0 radical (unpaired) electrons. The van der Waals surface area contributed by atoms with Crippen molar-refractivity contribution in [3.8, 4) is 0 Å². The summed E-state index contributed by atoms with van der Waals surface area (Å²) in [4.78, 5) is 28.3. The predicted octanol–water partition coefficient (Wildman–Crippen LogP) is 4.76. The van der Waals surface area contributed by atoms with Gasteiger partial charge in [0.25, 0.3) is 0 Å². The number of halogens is 3. The van der Waals surface area contributed by atoms with E-state index >= 15 is 0 Å². The third-order valence-electron chi connectivity index (χ3n) is 6.22. The summed E-state index contributed by atoms with van der Waals surface area (Å²) in [5.74, 6) is -1.40. The van der Waals surface area contributed by atoms with Gasteiger partial charge >= 0.3 is 0 Å². The number of benzene rings is 2. The second-order valence-electron chi connectivity index (χ2n) is 8.93. The van der Waals surface area contributed by atoms with Gasteiger partial charge in [-0.25, -0.2) is 12.8 Å². The quantitative estimate of drug-likeness (QED) is 0.456. The van der Waals surface area contributed by atoms with Crippen molar-refractivity contribution in [2.24, 2.45) is 0 Å². The normalized spacial score (nSPS) is 14.9. The van der Waals surface area contributed by atoms with Crippen molar-refractivity contribution in [1.29, 1.82) is 0 Å². The Labute approximate surface area is 221 Å². The second kappa shape index (κ2) is 12.3. The molecule has 7 nitrogen and oxygen atoms in total. The largest absolute Gasteiger partial charge is 0.352 e. The number of hydrogen-bond donors (Lipinski definition) is 1. The van der Waals surface area contributed by atoms with Gasteiger partial charge in [0.1, 0.15) is 18.4 Å². The van der Waals surface area contributed by atoms with E-state index in [2.05, 4.69) is 5.32 Å². The third-order valence-corrected chi connectivity index (χ3v) is 8.10. The molecule has 1 saturated carbocycles. The molecule has 196 valence electrons. The third kappa shape index (κ3) is 7.33. The van der Waals surface area contributed by atoms with Gasteiger partial charge in [-0.15, -0.1) is 0 Å². The van der Waals surface area contributed by atoms with Crippen LogP contribution in [0.1, 0.15) is 44.6 Å². The van der Waals surface area contributed by atoms with Crippen molar-refractivity contribution in [3.05, 3.63) is 63.9 Å². The minimum absolute atomic E-state index is 0.0212. The van der Waals surface area contributed by atoms with E-state index in [9.17, 15) is 22.4 Å². The fourth-order valence-electron chi connectivity index (χ4n) is 4.34. The highest BCUT2D eigenvalue weighted by atomic mass is 35.5. The maximum atomic E-state index is 13.6. The van der Waals surface area contributed by atoms with E-state index in [4.69, 9.17) is 23.2 Å². The Morgan fingerprint density at radius 3 is 2.28 bits per heavy atom. The van der Waals surface area contributed by atoms with Crippen LogP contribution in [0.3, 0.4) is 0 Å². The lowest BCUT2D eigenvalue weighted by Crippen LogP contribution is -2.53. The Balaban J connectivity index is 1.93. The lowest BCUT2D eigenvalue weighted by Gasteiger charge is -2.33. The average molecular weight is 559 g/mol. The van der Waals surface area contributed by atoms with Gasteiger partial charge in [0, 0.05) is 12.6 Å². The first-order chi connectivity index (χ1) is 17.0. The van der Waals surface area contributed by atoms with Crippen LogP contribution in [0.25, 0.3) is 0 Å². The summed E-state index contributed by atoms with van der Waals surface area (Å²) in [6.07, 6.45) is 5.13. The zero-order valence-corrected chi connectivity index (χ0v) is 22.5. The van der Waals surface area contributed by atoms with E-state index in [1.165, 1.54) is 17.0 Å². The molecular weight excluding hydrogens is 528 g/mol. The lowest BCUT2D eigenvalue weighted by molar-refractivity contribution is -0.140. The second-order valence-corrected chi connectivity index (χ2v) is 11.7. The molecule has 2 amide bonds. The summed E-state index contributed by atoms with van der Waals surface area (Å²) >= 11 is 12.2. The van der Waals surface area contributed by atoms with Crippen molar-refractivity contribution in [3.63, 3.8) is 0 Å². The standard InChI is InChI=1S/C25H30Cl2FN3O4S/c1-3-23(25(33)29-19-6-4-5-7-19)30(15-17-8-13-21(26)22(27)14-17)24(32)16-31(36(2,34)35)20-11-9-18(28)10-12-20/h8-14,19,23H,3-7,15-16H2,1-2H3,(H,29,33)/t23-/m1/s1. The first-order valence-corrected chi connectivity index (χ1v) is 14.4. The number of amides is 2. The van der Waals surface area contributed by atoms with Crippen LogP contribution in [0, 0.1) is 5.82 Å². The summed E-state index contributed by atoms with van der Waals surface area (Å²) < 4.78 is 39.5. The average Bonchev–Trinajstić information content (AvgIpc) is 3.32. The van der Waals surface area contributed by atoms with Crippen molar-refractivity contribution < 1.29 is 22.4 Å². The van der Waals surface area contributed by atoms with E-state index in [0.29, 0.717) is 22.0 Å². The van der Waals surface area contributed by atoms with Crippen LogP contribution < -0.4 is 9.62 Å². The van der Waals surface area contributed by atoms with E-state index in [-0.39, 0.29) is 24.2 Å². The van der Waals surface area contributed by atoms with Gasteiger partial charge in [0.2, 0.25) is 21.8 Å². The van der Waals surface area contributed by atoms with E-state index < -0.39 is 34.3 Å². The highest BCUT2D eigenvalue weighted by molar-refractivity contribution is 7.92.